The number of hydrogen-bond acceptors (Lipinski definition) is 4. The Bertz CT molecular complexity index is 271. The van der Waals surface area contributed by atoms with Crippen LogP contribution in [0.15, 0.2) is 0 Å². The summed E-state index contributed by atoms with van der Waals surface area (Å²) in [4.78, 5) is 14.1. The van der Waals surface area contributed by atoms with Crippen LogP contribution < -0.4 is 11.1 Å². The molecule has 1 fully saturated rings. The van der Waals surface area contributed by atoms with Crippen LogP contribution in [0.4, 0.5) is 0 Å². The van der Waals surface area contributed by atoms with Gasteiger partial charge >= 0.3 is 0 Å². The number of hydrogen-bond donors (Lipinski definition) is 2. The van der Waals surface area contributed by atoms with E-state index in [-0.39, 0.29) is 17.9 Å². The van der Waals surface area contributed by atoms with Crippen molar-refractivity contribution in [3.8, 4) is 0 Å². The lowest BCUT2D eigenvalue weighted by molar-refractivity contribution is -0.128. The van der Waals surface area contributed by atoms with E-state index in [9.17, 15) is 4.79 Å². The number of nitrogens with zero attached hydrogens (tertiary/aromatic N) is 1. The first-order valence-corrected chi connectivity index (χ1v) is 7.26. The molecule has 3 atom stereocenters. The molecule has 0 aromatic heterocycles. The molecule has 0 saturated heterocycles. The summed E-state index contributed by atoms with van der Waals surface area (Å²) < 4.78 is 5.45. The van der Waals surface area contributed by atoms with Gasteiger partial charge in [-0.3, -0.25) is 4.79 Å². The molecule has 0 aromatic rings. The predicted molar refractivity (Wildman–Crippen MR) is 76.9 cm³/mol. The van der Waals surface area contributed by atoms with Gasteiger partial charge in [0.1, 0.15) is 0 Å². The van der Waals surface area contributed by atoms with E-state index in [0.29, 0.717) is 25.7 Å². The first-order chi connectivity index (χ1) is 9.00. The molecule has 0 bridgehead atoms. The third-order valence-corrected chi connectivity index (χ3v) is 3.80. The monoisotopic (exact) mass is 271 g/mol. The van der Waals surface area contributed by atoms with Gasteiger partial charge in [0, 0.05) is 25.0 Å². The van der Waals surface area contributed by atoms with Crippen molar-refractivity contribution >= 4 is 5.91 Å². The summed E-state index contributed by atoms with van der Waals surface area (Å²) in [7, 11) is 4.03. The van der Waals surface area contributed by atoms with Crippen LogP contribution in [0, 0.1) is 11.8 Å². The quantitative estimate of drug-likeness (QED) is 0.660. The molecule has 0 aromatic carbocycles. The molecule has 0 spiro atoms. The highest BCUT2D eigenvalue weighted by Gasteiger charge is 2.30. The Balaban J connectivity index is 2.13. The second kappa shape index (κ2) is 8.51. The van der Waals surface area contributed by atoms with Crippen LogP contribution >= 0.6 is 0 Å². The highest BCUT2D eigenvalue weighted by atomic mass is 16.5. The summed E-state index contributed by atoms with van der Waals surface area (Å²) in [6.07, 6.45) is 2.91. The Kier molecular flexibility index (Phi) is 7.34. The van der Waals surface area contributed by atoms with Crippen molar-refractivity contribution in [2.24, 2.45) is 17.6 Å². The Morgan fingerprint density at radius 3 is 2.79 bits per heavy atom. The van der Waals surface area contributed by atoms with Gasteiger partial charge in [-0.15, -0.1) is 0 Å². The minimum atomic E-state index is 0.0746. The van der Waals surface area contributed by atoms with Crippen LogP contribution in [0.5, 0.6) is 0 Å². The smallest absolute Gasteiger partial charge is 0.223 e. The van der Waals surface area contributed by atoms with E-state index in [1.54, 1.807) is 0 Å². The van der Waals surface area contributed by atoms with Crippen molar-refractivity contribution in [2.45, 2.75) is 32.2 Å². The Morgan fingerprint density at radius 1 is 1.37 bits per heavy atom. The molecule has 0 heterocycles. The van der Waals surface area contributed by atoms with E-state index >= 15 is 0 Å². The van der Waals surface area contributed by atoms with E-state index < -0.39 is 0 Å². The van der Waals surface area contributed by atoms with Gasteiger partial charge in [-0.1, -0.05) is 6.92 Å². The van der Waals surface area contributed by atoms with Gasteiger partial charge in [0.05, 0.1) is 13.2 Å². The van der Waals surface area contributed by atoms with E-state index in [1.807, 2.05) is 14.1 Å². The average molecular weight is 271 g/mol. The summed E-state index contributed by atoms with van der Waals surface area (Å²) in [6.45, 7) is 4.91. The lowest BCUT2D eigenvalue weighted by Gasteiger charge is -2.31. The number of carbonyl (C=O) groups excluding carboxylic acids is 1. The average Bonchev–Trinajstić information content (AvgIpc) is 2.36. The van der Waals surface area contributed by atoms with Crippen LogP contribution in [-0.4, -0.2) is 57.2 Å². The van der Waals surface area contributed by atoms with Crippen LogP contribution in [0.2, 0.25) is 0 Å². The zero-order valence-electron chi connectivity index (χ0n) is 12.5. The molecule has 5 nitrogen and oxygen atoms in total. The second-order valence-electron chi connectivity index (χ2n) is 5.86. The predicted octanol–water partition coefficient (Wildman–Crippen LogP) is 0.444. The highest BCUT2D eigenvalue weighted by Crippen LogP contribution is 2.28. The molecule has 1 saturated carbocycles. The minimum absolute atomic E-state index is 0.0746. The van der Waals surface area contributed by atoms with E-state index in [1.165, 1.54) is 0 Å². The maximum Gasteiger partial charge on any atom is 0.223 e. The topological polar surface area (TPSA) is 67.6 Å². The van der Waals surface area contributed by atoms with Gasteiger partial charge < -0.3 is 20.7 Å². The molecule has 3 unspecified atom stereocenters. The second-order valence-corrected chi connectivity index (χ2v) is 5.86. The molecule has 112 valence electrons. The molecule has 19 heavy (non-hydrogen) atoms. The molecule has 1 rings (SSSR count). The number of ether oxygens (including phenoxy) is 1. The normalized spacial score (nSPS) is 27.5. The molecule has 1 aliphatic carbocycles. The maximum absolute atomic E-state index is 12.1. The summed E-state index contributed by atoms with van der Waals surface area (Å²) in [5, 5.41) is 2.96. The molecule has 3 N–H and O–H groups in total. The Hall–Kier alpha value is -0.650. The van der Waals surface area contributed by atoms with Gasteiger partial charge in [-0.2, -0.15) is 0 Å². The number of nitrogens with one attached hydrogen (secondary N) is 1. The zero-order valence-corrected chi connectivity index (χ0v) is 12.5. The summed E-state index contributed by atoms with van der Waals surface area (Å²) in [5.74, 6) is 0.652. The summed E-state index contributed by atoms with van der Waals surface area (Å²) >= 11 is 0. The molecule has 1 aliphatic rings. The van der Waals surface area contributed by atoms with Crippen molar-refractivity contribution in [3.05, 3.63) is 0 Å². The minimum Gasteiger partial charge on any atom is -0.378 e. The van der Waals surface area contributed by atoms with Gasteiger partial charge in [0.25, 0.3) is 0 Å². The zero-order chi connectivity index (χ0) is 14.3. The molecule has 1 amide bonds. The van der Waals surface area contributed by atoms with Crippen molar-refractivity contribution < 1.29 is 9.53 Å². The third kappa shape index (κ3) is 6.36. The van der Waals surface area contributed by atoms with E-state index in [4.69, 9.17) is 10.5 Å². The van der Waals surface area contributed by atoms with E-state index in [0.717, 1.165) is 25.8 Å². The molecular weight excluding hydrogens is 242 g/mol. The van der Waals surface area contributed by atoms with Gasteiger partial charge in [0.2, 0.25) is 5.91 Å². The lowest BCUT2D eigenvalue weighted by atomic mass is 9.78. The van der Waals surface area contributed by atoms with Crippen molar-refractivity contribution in [2.75, 3.05) is 40.4 Å². The fourth-order valence-corrected chi connectivity index (χ4v) is 2.45. The number of likely N-dealkylation sites (N-methyl/N-ethyl adjacent to an activating group) is 1. The fourth-order valence-electron chi connectivity index (χ4n) is 2.45. The lowest BCUT2D eigenvalue weighted by Crippen LogP contribution is -2.42. The van der Waals surface area contributed by atoms with Crippen LogP contribution in [0.3, 0.4) is 0 Å². The summed E-state index contributed by atoms with van der Waals surface area (Å²) in [5.41, 5.74) is 5.94. The third-order valence-electron chi connectivity index (χ3n) is 3.80. The van der Waals surface area contributed by atoms with Crippen LogP contribution in [-0.2, 0) is 9.53 Å². The number of carbonyl (C=O) groups is 1. The van der Waals surface area contributed by atoms with E-state index in [2.05, 4.69) is 17.1 Å². The summed E-state index contributed by atoms with van der Waals surface area (Å²) in [6, 6.07) is 0.184. The first kappa shape index (κ1) is 16.4. The fraction of sp³-hybridized carbons (Fsp3) is 0.929. The SMILES string of the molecule is CC1CCC(N)CC1C(=O)NCCOCCN(C)C. The van der Waals surface area contributed by atoms with Crippen LogP contribution in [0.1, 0.15) is 26.2 Å². The van der Waals surface area contributed by atoms with Crippen molar-refractivity contribution in [3.63, 3.8) is 0 Å². The van der Waals surface area contributed by atoms with Crippen molar-refractivity contribution in [1.29, 1.82) is 0 Å². The highest BCUT2D eigenvalue weighted by molar-refractivity contribution is 5.79. The number of rotatable bonds is 7. The molecule has 0 aliphatic heterocycles. The van der Waals surface area contributed by atoms with Crippen LogP contribution in [0.25, 0.3) is 0 Å². The Labute approximate surface area is 116 Å². The number of amides is 1. The van der Waals surface area contributed by atoms with Gasteiger partial charge in [0.15, 0.2) is 0 Å². The molecule has 0 radical (unpaired) electrons. The number of nitrogens with two attached hydrogens (primary N) is 1. The maximum atomic E-state index is 12.1. The first-order valence-electron chi connectivity index (χ1n) is 7.26. The standard InChI is InChI=1S/C14H29N3O2/c1-11-4-5-12(15)10-13(11)14(18)16-6-8-19-9-7-17(2)3/h11-13H,4-10,15H2,1-3H3,(H,16,18). The van der Waals surface area contributed by atoms with Gasteiger partial charge in [-0.05, 0) is 39.3 Å². The van der Waals surface area contributed by atoms with Crippen molar-refractivity contribution in [1.82, 2.24) is 10.2 Å². The molecular formula is C14H29N3O2. The largest absolute Gasteiger partial charge is 0.378 e. The Morgan fingerprint density at radius 2 is 2.11 bits per heavy atom. The van der Waals surface area contributed by atoms with Gasteiger partial charge in [-0.25, -0.2) is 0 Å². The molecule has 5 heteroatoms.